The quantitative estimate of drug-likeness (QED) is 0.336. The summed E-state index contributed by atoms with van der Waals surface area (Å²) < 4.78 is 2.33. The lowest BCUT2D eigenvalue weighted by molar-refractivity contribution is -0.401. The third-order valence-corrected chi connectivity index (χ3v) is 7.65. The number of hydrogen-bond donors (Lipinski definition) is 0. The first-order valence-electron chi connectivity index (χ1n) is 12.4. The highest BCUT2D eigenvalue weighted by Gasteiger charge is 2.42. The van der Waals surface area contributed by atoms with E-state index in [2.05, 4.69) is 144 Å². The fourth-order valence-corrected chi connectivity index (χ4v) is 5.54. The van der Waals surface area contributed by atoms with Crippen molar-refractivity contribution in [3.63, 3.8) is 0 Å². The molecule has 0 amide bonds. The van der Waals surface area contributed by atoms with Crippen LogP contribution in [0.1, 0.15) is 56.9 Å². The molecule has 4 rings (SSSR count). The van der Waals surface area contributed by atoms with Crippen molar-refractivity contribution in [3.8, 4) is 0 Å². The Morgan fingerprint density at radius 3 is 2.29 bits per heavy atom. The van der Waals surface area contributed by atoms with Gasteiger partial charge in [0.2, 0.25) is 5.69 Å². The SMILES string of the molecule is CCc1ccc2c(c1)C(C)(C)C(C=CC=CC=CC=C1N(C)c3ccc(C)cc3C1(C)C)=[N+]2C. The van der Waals surface area contributed by atoms with E-state index in [1.165, 1.54) is 45.0 Å². The summed E-state index contributed by atoms with van der Waals surface area (Å²) in [5.74, 6) is 0. The standard InChI is InChI=1S/C32H39N2/c1-9-24-18-20-28-26(22-24)32(5,6)30(34(28)8)16-14-12-10-11-13-15-29-31(3,4)25-21-23(2)17-19-27(25)33(29)7/h10-22H,9H2,1-8H3/q+1. The Balaban J connectivity index is 1.47. The van der Waals surface area contributed by atoms with Crippen LogP contribution < -0.4 is 4.90 Å². The van der Waals surface area contributed by atoms with Crippen molar-refractivity contribution in [3.05, 3.63) is 107 Å². The van der Waals surface area contributed by atoms with E-state index in [1.807, 2.05) is 0 Å². The molecule has 0 saturated carbocycles. The minimum Gasteiger partial charge on any atom is -0.347 e. The van der Waals surface area contributed by atoms with Crippen LogP contribution in [0.2, 0.25) is 0 Å². The highest BCUT2D eigenvalue weighted by atomic mass is 15.2. The fraction of sp³-hybridized carbons (Fsp3) is 0.344. The van der Waals surface area contributed by atoms with Crippen molar-refractivity contribution in [2.75, 3.05) is 19.0 Å². The Kier molecular flexibility index (Phi) is 6.29. The van der Waals surface area contributed by atoms with Gasteiger partial charge in [0.15, 0.2) is 5.71 Å². The number of fused-ring (bicyclic) bond motifs is 2. The van der Waals surface area contributed by atoms with Crippen molar-refractivity contribution >= 4 is 17.1 Å². The lowest BCUT2D eigenvalue weighted by Gasteiger charge is -2.23. The van der Waals surface area contributed by atoms with E-state index in [-0.39, 0.29) is 10.8 Å². The maximum Gasteiger partial charge on any atom is 0.209 e. The normalized spacial score (nSPS) is 19.9. The molecule has 0 spiro atoms. The molecular weight excluding hydrogens is 412 g/mol. The van der Waals surface area contributed by atoms with Gasteiger partial charge in [0.1, 0.15) is 7.05 Å². The number of allylic oxidation sites excluding steroid dienone is 8. The molecule has 2 aliphatic rings. The summed E-state index contributed by atoms with van der Waals surface area (Å²) in [6, 6.07) is 13.6. The molecule has 0 fully saturated rings. The third kappa shape index (κ3) is 4.00. The molecule has 0 N–H and O–H groups in total. The Hall–Kier alpha value is -3.13. The van der Waals surface area contributed by atoms with Gasteiger partial charge in [-0.2, -0.15) is 4.58 Å². The van der Waals surface area contributed by atoms with E-state index in [0.29, 0.717) is 0 Å². The Bertz CT molecular complexity index is 1260. The highest BCUT2D eigenvalue weighted by Crippen LogP contribution is 2.47. The molecule has 2 aromatic carbocycles. The third-order valence-electron chi connectivity index (χ3n) is 7.65. The molecule has 2 heterocycles. The van der Waals surface area contributed by atoms with Gasteiger partial charge in [0.25, 0.3) is 0 Å². The summed E-state index contributed by atoms with van der Waals surface area (Å²) in [5, 5.41) is 0. The van der Waals surface area contributed by atoms with E-state index in [0.717, 1.165) is 6.42 Å². The highest BCUT2D eigenvalue weighted by molar-refractivity contribution is 6.03. The minimum absolute atomic E-state index is 0.00581. The number of anilines is 1. The first-order chi connectivity index (χ1) is 16.1. The van der Waals surface area contributed by atoms with Gasteiger partial charge in [-0.3, -0.25) is 0 Å². The second-order valence-corrected chi connectivity index (χ2v) is 10.7. The lowest BCUT2D eigenvalue weighted by Crippen LogP contribution is -2.26. The van der Waals surface area contributed by atoms with Crippen molar-refractivity contribution in [2.24, 2.45) is 0 Å². The topological polar surface area (TPSA) is 6.25 Å². The number of aryl methyl sites for hydroxylation is 2. The first-order valence-corrected chi connectivity index (χ1v) is 12.4. The van der Waals surface area contributed by atoms with Crippen LogP contribution in [-0.4, -0.2) is 24.4 Å². The van der Waals surface area contributed by atoms with Gasteiger partial charge in [0, 0.05) is 41.6 Å². The monoisotopic (exact) mass is 451 g/mol. The van der Waals surface area contributed by atoms with Gasteiger partial charge >= 0.3 is 0 Å². The molecule has 2 nitrogen and oxygen atoms in total. The van der Waals surface area contributed by atoms with Crippen LogP contribution in [0.4, 0.5) is 11.4 Å². The summed E-state index contributed by atoms with van der Waals surface area (Å²) in [5.41, 5.74) is 10.8. The van der Waals surface area contributed by atoms with Crippen molar-refractivity contribution in [1.29, 1.82) is 0 Å². The zero-order valence-corrected chi connectivity index (χ0v) is 22.1. The predicted molar refractivity (Wildman–Crippen MR) is 148 cm³/mol. The molecule has 2 aliphatic heterocycles. The molecule has 2 heteroatoms. The second-order valence-electron chi connectivity index (χ2n) is 10.7. The number of hydrogen-bond acceptors (Lipinski definition) is 1. The molecular formula is C32H39N2+. The Morgan fingerprint density at radius 2 is 1.56 bits per heavy atom. The minimum atomic E-state index is 0.00581. The van der Waals surface area contributed by atoms with Gasteiger partial charge in [-0.15, -0.1) is 0 Å². The van der Waals surface area contributed by atoms with Gasteiger partial charge in [0.05, 0.1) is 5.41 Å². The van der Waals surface area contributed by atoms with Crippen molar-refractivity contribution in [2.45, 2.75) is 58.8 Å². The predicted octanol–water partition coefficient (Wildman–Crippen LogP) is 7.54. The number of likely N-dealkylation sites (N-methyl/N-ethyl adjacent to an activating group) is 1. The smallest absolute Gasteiger partial charge is 0.209 e. The number of rotatable bonds is 5. The Labute approximate surface area is 206 Å². The molecule has 0 bridgehead atoms. The maximum absolute atomic E-state index is 2.37. The molecule has 176 valence electrons. The molecule has 0 atom stereocenters. The van der Waals surface area contributed by atoms with Gasteiger partial charge < -0.3 is 4.90 Å². The van der Waals surface area contributed by atoms with Crippen LogP contribution in [0.25, 0.3) is 0 Å². The summed E-state index contributed by atoms with van der Waals surface area (Å²) in [6.45, 7) is 13.7. The van der Waals surface area contributed by atoms with Gasteiger partial charge in [-0.05, 0) is 56.5 Å². The van der Waals surface area contributed by atoms with Crippen LogP contribution in [0.3, 0.4) is 0 Å². The summed E-state index contributed by atoms with van der Waals surface area (Å²) in [6.07, 6.45) is 16.2. The van der Waals surface area contributed by atoms with Crippen LogP contribution >= 0.6 is 0 Å². The van der Waals surface area contributed by atoms with E-state index in [1.54, 1.807) is 0 Å². The molecule has 0 saturated heterocycles. The van der Waals surface area contributed by atoms with Gasteiger partial charge in [-0.1, -0.05) is 74.9 Å². The lowest BCUT2D eigenvalue weighted by atomic mass is 9.80. The van der Waals surface area contributed by atoms with E-state index < -0.39 is 0 Å². The van der Waals surface area contributed by atoms with Gasteiger partial charge in [-0.25, -0.2) is 0 Å². The van der Waals surface area contributed by atoms with Crippen LogP contribution in [0, 0.1) is 6.92 Å². The van der Waals surface area contributed by atoms with Crippen molar-refractivity contribution in [1.82, 2.24) is 0 Å². The molecule has 0 radical (unpaired) electrons. The molecule has 34 heavy (non-hydrogen) atoms. The zero-order chi connectivity index (χ0) is 24.7. The second kappa shape index (κ2) is 8.91. The van der Waals surface area contributed by atoms with Crippen LogP contribution in [0.15, 0.2) is 84.6 Å². The molecule has 0 unspecified atom stereocenters. The number of benzene rings is 2. The van der Waals surface area contributed by atoms with E-state index in [4.69, 9.17) is 0 Å². The molecule has 0 aromatic heterocycles. The average Bonchev–Trinajstić information content (AvgIpc) is 3.11. The summed E-state index contributed by atoms with van der Waals surface area (Å²) in [4.78, 5) is 2.32. The molecule has 0 aliphatic carbocycles. The summed E-state index contributed by atoms with van der Waals surface area (Å²) in [7, 11) is 4.34. The van der Waals surface area contributed by atoms with Crippen molar-refractivity contribution < 1.29 is 4.58 Å². The summed E-state index contributed by atoms with van der Waals surface area (Å²) >= 11 is 0. The fourth-order valence-electron chi connectivity index (χ4n) is 5.54. The zero-order valence-electron chi connectivity index (χ0n) is 22.1. The Morgan fingerprint density at radius 1 is 0.853 bits per heavy atom. The maximum atomic E-state index is 2.37. The largest absolute Gasteiger partial charge is 0.347 e. The van der Waals surface area contributed by atoms with Crippen LogP contribution in [-0.2, 0) is 17.3 Å². The number of nitrogens with zero attached hydrogens (tertiary/aromatic N) is 2. The van der Waals surface area contributed by atoms with Crippen LogP contribution in [0.5, 0.6) is 0 Å². The average molecular weight is 452 g/mol. The van der Waals surface area contributed by atoms with E-state index >= 15 is 0 Å². The molecule has 2 aromatic rings. The van der Waals surface area contributed by atoms with E-state index in [9.17, 15) is 0 Å². The first kappa shape index (κ1) is 24.0.